The molecule has 0 aliphatic carbocycles. The van der Waals surface area contributed by atoms with E-state index in [0.29, 0.717) is 21.5 Å². The summed E-state index contributed by atoms with van der Waals surface area (Å²) in [6.07, 6.45) is 0. The molecule has 0 radical (unpaired) electrons. The maximum Gasteiger partial charge on any atom is 0.235 e. The van der Waals surface area contributed by atoms with Crippen LogP contribution < -0.4 is 0 Å². The van der Waals surface area contributed by atoms with Gasteiger partial charge in [-0.1, -0.05) is 58.0 Å². The fraction of sp³-hybridized carbons (Fsp3) is 0.105. The van der Waals surface area contributed by atoms with Crippen LogP contribution in [-0.4, -0.2) is 34.8 Å². The van der Waals surface area contributed by atoms with Gasteiger partial charge in [-0.3, -0.25) is 0 Å². The van der Waals surface area contributed by atoms with Crippen LogP contribution in [0.15, 0.2) is 48.5 Å². The molecule has 3 aromatic heterocycles. The molecular formula is C19H14ClN7S. The smallest absolute Gasteiger partial charge is 0.217 e. The van der Waals surface area contributed by atoms with Gasteiger partial charge in [0.2, 0.25) is 10.8 Å². The average molecular weight is 408 g/mol. The highest BCUT2D eigenvalue weighted by molar-refractivity contribution is 7.19. The van der Waals surface area contributed by atoms with E-state index in [1.807, 2.05) is 55.5 Å². The summed E-state index contributed by atoms with van der Waals surface area (Å²) in [5.74, 6) is 0.565. The van der Waals surface area contributed by atoms with E-state index in [9.17, 15) is 0 Å². The van der Waals surface area contributed by atoms with Gasteiger partial charge in [-0.25, -0.2) is 4.68 Å². The van der Waals surface area contributed by atoms with Gasteiger partial charge in [0.15, 0.2) is 5.69 Å². The Morgan fingerprint density at radius 2 is 1.79 bits per heavy atom. The van der Waals surface area contributed by atoms with Crippen molar-refractivity contribution in [3.05, 3.63) is 64.8 Å². The second-order valence-electron chi connectivity index (χ2n) is 6.41. The molecule has 5 rings (SSSR count). The molecule has 0 unspecified atom stereocenters. The molecule has 0 fully saturated rings. The normalized spacial score (nSPS) is 11.4. The number of hydrogen-bond donors (Lipinski definition) is 0. The lowest BCUT2D eigenvalue weighted by molar-refractivity contribution is 0.785. The fourth-order valence-corrected chi connectivity index (χ4v) is 4.00. The highest BCUT2D eigenvalue weighted by atomic mass is 35.5. The van der Waals surface area contributed by atoms with Gasteiger partial charge in [-0.05, 0) is 38.1 Å². The summed E-state index contributed by atoms with van der Waals surface area (Å²) in [5.41, 5.74) is 4.60. The topological polar surface area (TPSA) is 73.8 Å². The number of fused-ring (bicyclic) bond motifs is 1. The van der Waals surface area contributed by atoms with E-state index < -0.39 is 0 Å². The largest absolute Gasteiger partial charge is 0.235 e. The molecule has 3 heterocycles. The van der Waals surface area contributed by atoms with Crippen molar-refractivity contribution in [2.75, 3.05) is 0 Å². The first-order chi connectivity index (χ1) is 13.6. The van der Waals surface area contributed by atoms with Crippen LogP contribution in [0.4, 0.5) is 0 Å². The van der Waals surface area contributed by atoms with Gasteiger partial charge in [0.05, 0.1) is 11.4 Å². The van der Waals surface area contributed by atoms with Crippen LogP contribution in [0.3, 0.4) is 0 Å². The number of rotatable bonds is 3. The second-order valence-corrected chi connectivity index (χ2v) is 7.80. The van der Waals surface area contributed by atoms with E-state index in [2.05, 4.69) is 32.5 Å². The molecule has 0 bridgehead atoms. The minimum Gasteiger partial charge on any atom is -0.217 e. The lowest BCUT2D eigenvalue weighted by Gasteiger charge is -2.03. The average Bonchev–Trinajstić information content (AvgIpc) is 3.37. The second kappa shape index (κ2) is 6.50. The number of aromatic nitrogens is 7. The standard InChI is InChI=1S/C19H14ClN7S/c1-11-6-8-15(9-7-11)26-12(2)16(21-25-26)17-22-23-19-27(17)24-18(28-19)13-4-3-5-14(20)10-13/h3-10H,1-2H3. The monoisotopic (exact) mass is 407 g/mol. The zero-order valence-electron chi connectivity index (χ0n) is 15.0. The summed E-state index contributed by atoms with van der Waals surface area (Å²) in [6, 6.07) is 15.7. The van der Waals surface area contributed by atoms with Crippen molar-refractivity contribution in [3.63, 3.8) is 0 Å². The van der Waals surface area contributed by atoms with E-state index in [-0.39, 0.29) is 0 Å². The molecule has 0 atom stereocenters. The third-order valence-electron chi connectivity index (χ3n) is 4.45. The van der Waals surface area contributed by atoms with Gasteiger partial charge in [-0.2, -0.15) is 9.61 Å². The Hall–Kier alpha value is -3.10. The van der Waals surface area contributed by atoms with Crippen LogP contribution in [0, 0.1) is 13.8 Å². The Balaban J connectivity index is 1.59. The van der Waals surface area contributed by atoms with Gasteiger partial charge in [0.25, 0.3) is 0 Å². The highest BCUT2D eigenvalue weighted by Gasteiger charge is 2.20. The SMILES string of the molecule is Cc1ccc(-n2nnc(-c3nnc4sc(-c5cccc(Cl)c5)nn34)c2C)cc1. The van der Waals surface area contributed by atoms with Gasteiger partial charge in [0.1, 0.15) is 5.01 Å². The molecule has 7 nitrogen and oxygen atoms in total. The van der Waals surface area contributed by atoms with E-state index in [1.165, 1.54) is 16.9 Å². The molecule has 0 N–H and O–H groups in total. The third-order valence-corrected chi connectivity index (χ3v) is 5.63. The molecule has 138 valence electrons. The van der Waals surface area contributed by atoms with Crippen molar-refractivity contribution in [2.45, 2.75) is 13.8 Å². The number of halogens is 1. The molecular weight excluding hydrogens is 394 g/mol. The first-order valence-corrected chi connectivity index (χ1v) is 9.77. The maximum atomic E-state index is 6.11. The lowest BCUT2D eigenvalue weighted by atomic mass is 10.2. The summed E-state index contributed by atoms with van der Waals surface area (Å²) in [5, 5.41) is 23.3. The molecule has 0 saturated carbocycles. The van der Waals surface area contributed by atoms with Gasteiger partial charge in [0, 0.05) is 10.6 Å². The zero-order chi connectivity index (χ0) is 19.3. The molecule has 5 aromatic rings. The van der Waals surface area contributed by atoms with Crippen LogP contribution in [-0.2, 0) is 0 Å². The molecule has 2 aromatic carbocycles. The van der Waals surface area contributed by atoms with Crippen molar-refractivity contribution < 1.29 is 0 Å². The Labute approximate surface area is 169 Å². The molecule has 28 heavy (non-hydrogen) atoms. The van der Waals surface area contributed by atoms with Crippen LogP contribution in [0.1, 0.15) is 11.3 Å². The van der Waals surface area contributed by atoms with Crippen LogP contribution in [0.2, 0.25) is 5.02 Å². The van der Waals surface area contributed by atoms with E-state index in [4.69, 9.17) is 11.6 Å². The molecule has 9 heteroatoms. The third kappa shape index (κ3) is 2.78. The minimum absolute atomic E-state index is 0.565. The summed E-state index contributed by atoms with van der Waals surface area (Å²) in [6.45, 7) is 4.01. The first-order valence-electron chi connectivity index (χ1n) is 8.58. The Kier molecular flexibility index (Phi) is 3.96. The Morgan fingerprint density at radius 3 is 2.57 bits per heavy atom. The molecule has 0 aliphatic rings. The van der Waals surface area contributed by atoms with Crippen molar-refractivity contribution in [3.8, 4) is 27.8 Å². The van der Waals surface area contributed by atoms with Crippen LogP contribution in [0.5, 0.6) is 0 Å². The van der Waals surface area contributed by atoms with Crippen LogP contribution in [0.25, 0.3) is 32.7 Å². The van der Waals surface area contributed by atoms with Crippen molar-refractivity contribution >= 4 is 27.9 Å². The van der Waals surface area contributed by atoms with Gasteiger partial charge >= 0.3 is 0 Å². The van der Waals surface area contributed by atoms with Gasteiger partial charge in [-0.15, -0.1) is 15.3 Å². The fourth-order valence-electron chi connectivity index (χ4n) is 2.97. The number of aryl methyl sites for hydroxylation is 1. The first kappa shape index (κ1) is 17.0. The van der Waals surface area contributed by atoms with Crippen molar-refractivity contribution in [2.24, 2.45) is 0 Å². The van der Waals surface area contributed by atoms with Gasteiger partial charge < -0.3 is 0 Å². The van der Waals surface area contributed by atoms with E-state index in [1.54, 1.807) is 9.20 Å². The zero-order valence-corrected chi connectivity index (χ0v) is 16.6. The van der Waals surface area contributed by atoms with Crippen molar-refractivity contribution in [1.82, 2.24) is 34.8 Å². The van der Waals surface area contributed by atoms with E-state index in [0.717, 1.165) is 22.0 Å². The van der Waals surface area contributed by atoms with Crippen molar-refractivity contribution in [1.29, 1.82) is 0 Å². The summed E-state index contributed by atoms with van der Waals surface area (Å²) in [4.78, 5) is 0.689. The predicted octanol–water partition coefficient (Wildman–Crippen LogP) is 4.37. The Morgan fingerprint density at radius 1 is 0.964 bits per heavy atom. The summed E-state index contributed by atoms with van der Waals surface area (Å²) >= 11 is 7.56. The molecule has 0 aliphatic heterocycles. The maximum absolute atomic E-state index is 6.11. The number of benzene rings is 2. The minimum atomic E-state index is 0.565. The lowest BCUT2D eigenvalue weighted by Crippen LogP contribution is -1.99. The highest BCUT2D eigenvalue weighted by Crippen LogP contribution is 2.30. The van der Waals surface area contributed by atoms with E-state index >= 15 is 0 Å². The predicted molar refractivity (Wildman–Crippen MR) is 109 cm³/mol. The summed E-state index contributed by atoms with van der Waals surface area (Å²) in [7, 11) is 0. The Bertz CT molecular complexity index is 1300. The quantitative estimate of drug-likeness (QED) is 0.444. The molecule has 0 saturated heterocycles. The number of nitrogens with zero attached hydrogens (tertiary/aromatic N) is 7. The summed E-state index contributed by atoms with van der Waals surface area (Å²) < 4.78 is 3.50. The number of hydrogen-bond acceptors (Lipinski definition) is 6. The van der Waals surface area contributed by atoms with Crippen LogP contribution >= 0.6 is 22.9 Å². The molecule has 0 spiro atoms. The molecule has 0 amide bonds.